The number of amides is 4. The standard InChI is InChI=1S/C18H23N3O3/c1-12-4-2-3-5-14(12)13-8-10-21(11-9-13)16(22)7-6-15-17(23)20-18(24)19-15/h2-5,13,15H,6-11H2,1H3,(H2,19,20,23,24). The molecule has 0 aromatic heterocycles. The molecule has 2 aliphatic rings. The molecule has 1 aromatic rings. The number of nitrogens with one attached hydrogen (secondary N) is 2. The van der Waals surface area contributed by atoms with Crippen LogP contribution in [-0.4, -0.2) is 41.9 Å². The quantitative estimate of drug-likeness (QED) is 0.825. The topological polar surface area (TPSA) is 78.5 Å². The molecule has 0 saturated carbocycles. The van der Waals surface area contributed by atoms with E-state index in [2.05, 4.69) is 41.8 Å². The molecule has 0 aliphatic carbocycles. The van der Waals surface area contributed by atoms with Crippen LogP contribution in [0.15, 0.2) is 24.3 Å². The monoisotopic (exact) mass is 329 g/mol. The van der Waals surface area contributed by atoms with E-state index in [1.165, 1.54) is 11.1 Å². The second-order valence-corrected chi connectivity index (χ2v) is 6.57. The van der Waals surface area contributed by atoms with Crippen LogP contribution in [0.3, 0.4) is 0 Å². The lowest BCUT2D eigenvalue weighted by Gasteiger charge is -2.33. The van der Waals surface area contributed by atoms with E-state index >= 15 is 0 Å². The number of likely N-dealkylation sites (tertiary alicyclic amines) is 1. The number of carbonyl (C=O) groups excluding carboxylic acids is 3. The van der Waals surface area contributed by atoms with Crippen LogP contribution < -0.4 is 10.6 Å². The summed E-state index contributed by atoms with van der Waals surface area (Å²) in [6.45, 7) is 3.63. The number of urea groups is 1. The van der Waals surface area contributed by atoms with Crippen molar-refractivity contribution in [2.75, 3.05) is 13.1 Å². The zero-order valence-electron chi connectivity index (χ0n) is 13.9. The normalized spacial score (nSPS) is 21.5. The molecule has 0 bridgehead atoms. The molecule has 0 radical (unpaired) electrons. The summed E-state index contributed by atoms with van der Waals surface area (Å²) in [5, 5.41) is 4.71. The first-order valence-electron chi connectivity index (χ1n) is 8.49. The smallest absolute Gasteiger partial charge is 0.322 e. The largest absolute Gasteiger partial charge is 0.343 e. The Morgan fingerprint density at radius 1 is 1.21 bits per heavy atom. The van der Waals surface area contributed by atoms with Crippen molar-refractivity contribution in [1.29, 1.82) is 0 Å². The van der Waals surface area contributed by atoms with Gasteiger partial charge in [0.05, 0.1) is 0 Å². The molecule has 2 heterocycles. The second kappa shape index (κ2) is 7.03. The van der Waals surface area contributed by atoms with Crippen LogP contribution in [0.5, 0.6) is 0 Å². The van der Waals surface area contributed by atoms with E-state index in [0.717, 1.165) is 25.9 Å². The van der Waals surface area contributed by atoms with Crippen LogP contribution in [-0.2, 0) is 9.59 Å². The summed E-state index contributed by atoms with van der Waals surface area (Å²) in [5.41, 5.74) is 2.69. The Bertz CT molecular complexity index is 651. The first-order valence-corrected chi connectivity index (χ1v) is 8.49. The SMILES string of the molecule is Cc1ccccc1C1CCN(C(=O)CCC2NC(=O)NC2=O)CC1. The number of benzene rings is 1. The molecule has 2 saturated heterocycles. The highest BCUT2D eigenvalue weighted by Crippen LogP contribution is 2.30. The van der Waals surface area contributed by atoms with Crippen LogP contribution in [0.1, 0.15) is 42.7 Å². The van der Waals surface area contributed by atoms with Crippen molar-refractivity contribution in [2.24, 2.45) is 0 Å². The van der Waals surface area contributed by atoms with Crippen molar-refractivity contribution in [3.63, 3.8) is 0 Å². The maximum Gasteiger partial charge on any atom is 0.322 e. The minimum Gasteiger partial charge on any atom is -0.343 e. The van der Waals surface area contributed by atoms with Crippen molar-refractivity contribution in [2.45, 2.75) is 44.6 Å². The van der Waals surface area contributed by atoms with Gasteiger partial charge in [-0.25, -0.2) is 4.79 Å². The second-order valence-electron chi connectivity index (χ2n) is 6.57. The maximum absolute atomic E-state index is 12.3. The van der Waals surface area contributed by atoms with Crippen LogP contribution >= 0.6 is 0 Å². The summed E-state index contributed by atoms with van der Waals surface area (Å²) in [6, 6.07) is 7.38. The number of aryl methyl sites for hydroxylation is 1. The Kier molecular flexibility index (Phi) is 4.83. The van der Waals surface area contributed by atoms with E-state index in [1.54, 1.807) is 0 Å². The summed E-state index contributed by atoms with van der Waals surface area (Å²) in [4.78, 5) is 36.8. The zero-order chi connectivity index (χ0) is 17.1. The number of hydrogen-bond acceptors (Lipinski definition) is 3. The molecule has 128 valence electrons. The van der Waals surface area contributed by atoms with Gasteiger partial charge in [0, 0.05) is 19.5 Å². The molecular formula is C18H23N3O3. The third kappa shape index (κ3) is 3.58. The van der Waals surface area contributed by atoms with Crippen LogP contribution in [0.4, 0.5) is 4.79 Å². The van der Waals surface area contributed by atoms with Crippen LogP contribution in [0.2, 0.25) is 0 Å². The first kappa shape index (κ1) is 16.5. The van der Waals surface area contributed by atoms with Crippen molar-refractivity contribution in [3.05, 3.63) is 35.4 Å². The number of piperidine rings is 1. The van der Waals surface area contributed by atoms with Crippen LogP contribution in [0, 0.1) is 6.92 Å². The zero-order valence-corrected chi connectivity index (χ0v) is 13.9. The van der Waals surface area contributed by atoms with Gasteiger partial charge >= 0.3 is 6.03 Å². The fourth-order valence-corrected chi connectivity index (χ4v) is 3.57. The molecule has 6 nitrogen and oxygen atoms in total. The summed E-state index contributed by atoms with van der Waals surface area (Å²) in [6.07, 6.45) is 2.58. The summed E-state index contributed by atoms with van der Waals surface area (Å²) in [5.74, 6) is 0.230. The Balaban J connectivity index is 1.48. The number of imide groups is 1. The number of hydrogen-bond donors (Lipinski definition) is 2. The van der Waals surface area contributed by atoms with Gasteiger partial charge in [0.15, 0.2) is 0 Å². The molecule has 2 aliphatic heterocycles. The molecule has 4 amide bonds. The number of rotatable bonds is 4. The van der Waals surface area contributed by atoms with Gasteiger partial charge in [0.1, 0.15) is 6.04 Å². The third-order valence-electron chi connectivity index (χ3n) is 4.98. The molecule has 1 aromatic carbocycles. The number of nitrogens with zero attached hydrogens (tertiary/aromatic N) is 1. The molecular weight excluding hydrogens is 306 g/mol. The molecule has 2 fully saturated rings. The fraction of sp³-hybridized carbons (Fsp3) is 0.500. The predicted octanol–water partition coefficient (Wildman–Crippen LogP) is 1.69. The average Bonchev–Trinajstić information content (AvgIpc) is 2.91. The Labute approximate surface area is 141 Å². The minimum atomic E-state index is -0.578. The minimum absolute atomic E-state index is 0.0622. The Morgan fingerprint density at radius 3 is 2.54 bits per heavy atom. The maximum atomic E-state index is 12.3. The van der Waals surface area contributed by atoms with Gasteiger partial charge in [-0.2, -0.15) is 0 Å². The molecule has 0 spiro atoms. The lowest BCUT2D eigenvalue weighted by molar-refractivity contribution is -0.132. The van der Waals surface area contributed by atoms with Gasteiger partial charge in [0.2, 0.25) is 5.91 Å². The predicted molar refractivity (Wildman–Crippen MR) is 89.4 cm³/mol. The highest BCUT2D eigenvalue weighted by Gasteiger charge is 2.31. The molecule has 1 atom stereocenters. The molecule has 6 heteroatoms. The van der Waals surface area contributed by atoms with E-state index in [4.69, 9.17) is 0 Å². The van der Waals surface area contributed by atoms with Crippen LogP contribution in [0.25, 0.3) is 0 Å². The first-order chi connectivity index (χ1) is 11.5. The van der Waals surface area contributed by atoms with E-state index in [-0.39, 0.29) is 18.2 Å². The highest BCUT2D eigenvalue weighted by molar-refractivity contribution is 6.04. The van der Waals surface area contributed by atoms with Gasteiger partial charge < -0.3 is 10.2 Å². The van der Waals surface area contributed by atoms with Gasteiger partial charge in [-0.15, -0.1) is 0 Å². The van der Waals surface area contributed by atoms with Gasteiger partial charge in [-0.3, -0.25) is 14.9 Å². The Morgan fingerprint density at radius 2 is 1.92 bits per heavy atom. The van der Waals surface area contributed by atoms with Gasteiger partial charge in [-0.1, -0.05) is 24.3 Å². The highest BCUT2D eigenvalue weighted by atomic mass is 16.2. The summed E-state index contributed by atoms with van der Waals surface area (Å²) >= 11 is 0. The molecule has 24 heavy (non-hydrogen) atoms. The number of carbonyl (C=O) groups is 3. The van der Waals surface area contributed by atoms with Crippen molar-refractivity contribution in [1.82, 2.24) is 15.5 Å². The third-order valence-corrected chi connectivity index (χ3v) is 4.98. The van der Waals surface area contributed by atoms with Gasteiger partial charge in [-0.05, 0) is 43.2 Å². The molecule has 2 N–H and O–H groups in total. The van der Waals surface area contributed by atoms with Crippen molar-refractivity contribution >= 4 is 17.8 Å². The lowest BCUT2D eigenvalue weighted by Crippen LogP contribution is -2.39. The van der Waals surface area contributed by atoms with E-state index in [1.807, 2.05) is 4.90 Å². The van der Waals surface area contributed by atoms with E-state index in [0.29, 0.717) is 12.3 Å². The summed E-state index contributed by atoms with van der Waals surface area (Å²) < 4.78 is 0. The van der Waals surface area contributed by atoms with Crippen molar-refractivity contribution in [3.8, 4) is 0 Å². The van der Waals surface area contributed by atoms with Gasteiger partial charge in [0.25, 0.3) is 5.91 Å². The molecule has 1 unspecified atom stereocenters. The lowest BCUT2D eigenvalue weighted by atomic mass is 9.87. The van der Waals surface area contributed by atoms with E-state index in [9.17, 15) is 14.4 Å². The van der Waals surface area contributed by atoms with Crippen molar-refractivity contribution < 1.29 is 14.4 Å². The fourth-order valence-electron chi connectivity index (χ4n) is 3.57. The Hall–Kier alpha value is -2.37. The van der Waals surface area contributed by atoms with E-state index < -0.39 is 12.1 Å². The average molecular weight is 329 g/mol. The summed E-state index contributed by atoms with van der Waals surface area (Å²) in [7, 11) is 0. The molecule has 3 rings (SSSR count).